The maximum Gasteiger partial charge on any atom is 0.251 e. The smallest absolute Gasteiger partial charge is 0.251 e. The molecule has 2 amide bonds. The van der Waals surface area contributed by atoms with E-state index < -0.39 is 6.04 Å². The highest BCUT2D eigenvalue weighted by molar-refractivity contribution is 7.99. The van der Waals surface area contributed by atoms with Crippen molar-refractivity contribution >= 4 is 35.0 Å². The fraction of sp³-hybridized carbons (Fsp3) is 0.314. The summed E-state index contributed by atoms with van der Waals surface area (Å²) in [5.41, 5.74) is 5.98. The molecule has 6 rings (SSSR count). The van der Waals surface area contributed by atoms with Gasteiger partial charge < -0.3 is 29.3 Å². The van der Waals surface area contributed by atoms with Gasteiger partial charge in [-0.25, -0.2) is 9.97 Å². The molecule has 1 saturated heterocycles. The number of thioether (sulfide) groups is 1. The monoisotopic (exact) mass is 639 g/mol. The van der Waals surface area contributed by atoms with Crippen LogP contribution in [-0.2, 0) is 20.9 Å². The molecule has 4 aromatic rings. The number of aryl methyl sites for hydroxylation is 3. The summed E-state index contributed by atoms with van der Waals surface area (Å²) in [7, 11) is 0. The van der Waals surface area contributed by atoms with Gasteiger partial charge in [0, 0.05) is 42.4 Å². The minimum Gasteiger partial charge on any atom is -0.454 e. The van der Waals surface area contributed by atoms with E-state index in [2.05, 4.69) is 20.2 Å². The molecule has 1 aromatic heterocycles. The quantitative estimate of drug-likeness (QED) is 0.179. The zero-order valence-corrected chi connectivity index (χ0v) is 27.0. The van der Waals surface area contributed by atoms with Crippen molar-refractivity contribution in [3.63, 3.8) is 0 Å². The van der Waals surface area contributed by atoms with E-state index in [9.17, 15) is 9.59 Å². The van der Waals surface area contributed by atoms with Crippen molar-refractivity contribution in [1.82, 2.24) is 14.9 Å². The number of ether oxygens (including phenoxy) is 3. The van der Waals surface area contributed by atoms with Gasteiger partial charge >= 0.3 is 0 Å². The molecule has 238 valence electrons. The molecule has 0 spiro atoms. The summed E-state index contributed by atoms with van der Waals surface area (Å²) in [5.74, 6) is 0.614. The van der Waals surface area contributed by atoms with Gasteiger partial charge in [-0.15, -0.1) is 0 Å². The third kappa shape index (κ3) is 7.60. The summed E-state index contributed by atoms with van der Waals surface area (Å²) >= 11 is 1.26. The molecular weight excluding hydrogens is 602 g/mol. The van der Waals surface area contributed by atoms with Crippen molar-refractivity contribution in [2.75, 3.05) is 49.1 Å². The standard InChI is InChI=1S/C35H37N5O5S/c1-23-4-6-26(7-5-23)20-40(32(41)21-46-35-36-24(2)18-25(3)37-35)33(27-8-13-30-31(19-27)45-22-44-30)34(42)38-28-9-11-29(12-10-28)39-14-16-43-17-15-39/h4-13,18-19,33H,14-17,20-22H2,1-3H3,(H,38,42). The lowest BCUT2D eigenvalue weighted by atomic mass is 10.0. The molecule has 0 saturated carbocycles. The summed E-state index contributed by atoms with van der Waals surface area (Å²) in [6.45, 7) is 9.15. The predicted molar refractivity (Wildman–Crippen MR) is 177 cm³/mol. The van der Waals surface area contributed by atoms with Crippen LogP contribution in [0.3, 0.4) is 0 Å². The predicted octanol–water partition coefficient (Wildman–Crippen LogP) is 5.47. The van der Waals surface area contributed by atoms with Crippen LogP contribution >= 0.6 is 11.8 Å². The van der Waals surface area contributed by atoms with Crippen LogP contribution in [0.15, 0.2) is 78.0 Å². The van der Waals surface area contributed by atoms with E-state index in [0.29, 0.717) is 41.1 Å². The van der Waals surface area contributed by atoms with Crippen LogP contribution in [-0.4, -0.2) is 65.5 Å². The fourth-order valence-electron chi connectivity index (χ4n) is 5.52. The zero-order valence-electron chi connectivity index (χ0n) is 26.2. The first-order valence-corrected chi connectivity index (χ1v) is 16.2. The minimum atomic E-state index is -0.969. The zero-order chi connectivity index (χ0) is 32.0. The highest BCUT2D eigenvalue weighted by Gasteiger charge is 2.33. The Labute approximate surface area is 273 Å². The van der Waals surface area contributed by atoms with Crippen molar-refractivity contribution in [1.29, 1.82) is 0 Å². The lowest BCUT2D eigenvalue weighted by molar-refractivity contribution is -0.137. The Morgan fingerprint density at radius 1 is 0.891 bits per heavy atom. The van der Waals surface area contributed by atoms with Crippen molar-refractivity contribution in [3.8, 4) is 11.5 Å². The van der Waals surface area contributed by atoms with Gasteiger partial charge in [0.1, 0.15) is 6.04 Å². The number of hydrogen-bond donors (Lipinski definition) is 1. The number of fused-ring (bicyclic) bond motifs is 1. The number of nitrogens with zero attached hydrogens (tertiary/aromatic N) is 4. The second-order valence-corrected chi connectivity index (χ2v) is 12.3. The highest BCUT2D eigenvalue weighted by atomic mass is 32.2. The summed E-state index contributed by atoms with van der Waals surface area (Å²) in [6.07, 6.45) is 0. The van der Waals surface area contributed by atoms with Crippen molar-refractivity contribution in [2.24, 2.45) is 0 Å². The van der Waals surface area contributed by atoms with Crippen LogP contribution in [0.1, 0.15) is 34.1 Å². The summed E-state index contributed by atoms with van der Waals surface area (Å²) < 4.78 is 16.7. The fourth-order valence-corrected chi connectivity index (χ4v) is 6.36. The molecule has 3 heterocycles. The number of amides is 2. The van der Waals surface area contributed by atoms with Crippen molar-refractivity contribution in [3.05, 3.63) is 101 Å². The Kier molecular flexibility index (Phi) is 9.70. The van der Waals surface area contributed by atoms with Gasteiger partial charge in [0.15, 0.2) is 16.7 Å². The summed E-state index contributed by atoms with van der Waals surface area (Å²) in [4.78, 5) is 41.4. The third-order valence-electron chi connectivity index (χ3n) is 7.86. The normalized spacial score (nSPS) is 14.5. The molecular formula is C35H37N5O5S. The van der Waals surface area contributed by atoms with Gasteiger partial charge in [0.05, 0.1) is 19.0 Å². The maximum atomic E-state index is 14.3. The molecule has 0 bridgehead atoms. The van der Waals surface area contributed by atoms with Crippen molar-refractivity contribution in [2.45, 2.75) is 38.5 Å². The van der Waals surface area contributed by atoms with Crippen LogP contribution < -0.4 is 19.7 Å². The Hall–Kier alpha value is -4.61. The molecule has 11 heteroatoms. The van der Waals surface area contributed by atoms with Crippen LogP contribution in [0.25, 0.3) is 0 Å². The molecule has 1 N–H and O–H groups in total. The van der Waals surface area contributed by atoms with Crippen molar-refractivity contribution < 1.29 is 23.8 Å². The SMILES string of the molecule is Cc1ccc(CN(C(=O)CSc2nc(C)cc(C)n2)C(C(=O)Nc2ccc(N3CCOCC3)cc2)c2ccc3c(c2)OCO3)cc1. The van der Waals surface area contributed by atoms with E-state index in [1.165, 1.54) is 11.8 Å². The Morgan fingerprint density at radius 3 is 2.30 bits per heavy atom. The largest absolute Gasteiger partial charge is 0.454 e. The summed E-state index contributed by atoms with van der Waals surface area (Å²) in [6, 6.07) is 22.0. The van der Waals surface area contributed by atoms with Crippen LogP contribution in [0.2, 0.25) is 0 Å². The molecule has 10 nitrogen and oxygen atoms in total. The second-order valence-electron chi connectivity index (χ2n) is 11.4. The number of benzene rings is 3. The Bertz CT molecular complexity index is 1670. The summed E-state index contributed by atoms with van der Waals surface area (Å²) in [5, 5.41) is 3.60. The van der Waals surface area contributed by atoms with Gasteiger partial charge in [-0.1, -0.05) is 47.7 Å². The number of morpholine rings is 1. The number of hydrogen-bond acceptors (Lipinski definition) is 9. The first kappa shape index (κ1) is 31.4. The van der Waals surface area contributed by atoms with E-state index in [1.54, 1.807) is 17.0 Å². The lowest BCUT2D eigenvalue weighted by Crippen LogP contribution is -2.41. The molecule has 1 atom stereocenters. The Balaban J connectivity index is 1.32. The topological polar surface area (TPSA) is 106 Å². The van der Waals surface area contributed by atoms with Gasteiger partial charge in [0.25, 0.3) is 5.91 Å². The van der Waals surface area contributed by atoms with E-state index in [4.69, 9.17) is 14.2 Å². The molecule has 46 heavy (non-hydrogen) atoms. The molecule has 1 fully saturated rings. The number of anilines is 2. The Morgan fingerprint density at radius 2 is 1.59 bits per heavy atom. The number of aromatic nitrogens is 2. The maximum absolute atomic E-state index is 14.3. The van der Waals surface area contributed by atoms with Crippen LogP contribution in [0.5, 0.6) is 11.5 Å². The van der Waals surface area contributed by atoms with E-state index >= 15 is 0 Å². The third-order valence-corrected chi connectivity index (χ3v) is 8.70. The van der Waals surface area contributed by atoms with Crippen LogP contribution in [0.4, 0.5) is 11.4 Å². The molecule has 0 radical (unpaired) electrons. The highest BCUT2D eigenvalue weighted by Crippen LogP contribution is 2.37. The van der Waals surface area contributed by atoms with Gasteiger partial charge in [-0.3, -0.25) is 9.59 Å². The first-order chi connectivity index (χ1) is 22.3. The van der Waals surface area contributed by atoms with E-state index in [0.717, 1.165) is 41.3 Å². The first-order valence-electron chi connectivity index (χ1n) is 15.3. The average molecular weight is 640 g/mol. The molecule has 1 unspecified atom stereocenters. The van der Waals surface area contributed by atoms with E-state index in [-0.39, 0.29) is 30.9 Å². The molecule has 2 aliphatic heterocycles. The number of rotatable bonds is 10. The van der Waals surface area contributed by atoms with Gasteiger partial charge in [0.2, 0.25) is 12.7 Å². The van der Waals surface area contributed by atoms with Gasteiger partial charge in [-0.05, 0) is 74.4 Å². The average Bonchev–Trinajstić information content (AvgIpc) is 3.53. The molecule has 0 aliphatic carbocycles. The van der Waals surface area contributed by atoms with Crippen LogP contribution in [0, 0.1) is 20.8 Å². The number of carbonyl (C=O) groups is 2. The number of nitrogens with one attached hydrogen (secondary N) is 1. The molecule has 3 aromatic carbocycles. The van der Waals surface area contributed by atoms with Gasteiger partial charge in [-0.2, -0.15) is 0 Å². The number of carbonyl (C=O) groups excluding carboxylic acids is 2. The lowest BCUT2D eigenvalue weighted by Gasteiger charge is -2.32. The molecule has 2 aliphatic rings. The minimum absolute atomic E-state index is 0.0529. The van der Waals surface area contributed by atoms with E-state index in [1.807, 2.05) is 81.4 Å². The second kappa shape index (κ2) is 14.2.